The normalized spacial score (nSPS) is 21.3. The Kier molecular flexibility index (Phi) is 6.54. The minimum Gasteiger partial charge on any atom is -0.474 e. The Balaban J connectivity index is 1.38. The van der Waals surface area contributed by atoms with Gasteiger partial charge in [-0.15, -0.1) is 0 Å². The maximum absolute atomic E-state index is 13.3. The van der Waals surface area contributed by atoms with Gasteiger partial charge in [0.1, 0.15) is 17.7 Å². The van der Waals surface area contributed by atoms with Gasteiger partial charge < -0.3 is 23.8 Å². The molecule has 0 aromatic carbocycles. The van der Waals surface area contributed by atoms with E-state index < -0.39 is 0 Å². The molecule has 1 aliphatic carbocycles. The van der Waals surface area contributed by atoms with Gasteiger partial charge in [0, 0.05) is 26.3 Å². The monoisotopic (exact) mass is 457 g/mol. The van der Waals surface area contributed by atoms with E-state index in [2.05, 4.69) is 15.0 Å². The molecule has 0 atom stereocenters. The number of rotatable bonds is 7. The zero-order chi connectivity index (χ0) is 22.6. The highest BCUT2D eigenvalue weighted by molar-refractivity contribution is 5.87. The Morgan fingerprint density at radius 1 is 1.12 bits per heavy atom. The summed E-state index contributed by atoms with van der Waals surface area (Å²) in [5.74, 6) is 1.68. The largest absolute Gasteiger partial charge is 0.474 e. The van der Waals surface area contributed by atoms with E-state index in [-0.39, 0.29) is 24.8 Å². The topological polar surface area (TPSA) is 83.8 Å². The molecule has 1 saturated heterocycles. The van der Waals surface area contributed by atoms with E-state index in [9.17, 15) is 4.39 Å². The lowest BCUT2D eigenvalue weighted by Crippen LogP contribution is -2.36. The van der Waals surface area contributed by atoms with Gasteiger partial charge in [0.2, 0.25) is 5.88 Å². The fraction of sp³-hybridized carbons (Fsp3) is 0.522. The molecule has 0 N–H and O–H groups in total. The minimum absolute atomic E-state index is 0.0147. The predicted octanol–water partition coefficient (Wildman–Crippen LogP) is 3.35. The average Bonchev–Trinajstić information content (AvgIpc) is 3.30. The van der Waals surface area contributed by atoms with Gasteiger partial charge in [-0.1, -0.05) is 0 Å². The Hall–Kier alpha value is -2.98. The van der Waals surface area contributed by atoms with E-state index in [1.54, 1.807) is 18.0 Å². The molecule has 0 bridgehead atoms. The van der Waals surface area contributed by atoms with E-state index >= 15 is 0 Å². The molecule has 2 fully saturated rings. The molecule has 2 aliphatic rings. The van der Waals surface area contributed by atoms with Crippen LogP contribution in [0.1, 0.15) is 31.7 Å². The van der Waals surface area contributed by atoms with Crippen molar-refractivity contribution in [2.45, 2.75) is 37.8 Å². The Morgan fingerprint density at radius 3 is 2.67 bits per heavy atom. The first-order chi connectivity index (χ1) is 16.2. The number of hydrogen-bond donors (Lipinski definition) is 0. The number of nitrogens with zero attached hydrogens (tertiary/aromatic N) is 5. The third-order valence-corrected chi connectivity index (χ3v) is 6.15. The molecule has 5 rings (SSSR count). The molecule has 4 heterocycles. The first kappa shape index (κ1) is 21.8. The second-order valence-corrected chi connectivity index (χ2v) is 8.36. The van der Waals surface area contributed by atoms with Crippen molar-refractivity contribution in [1.82, 2.24) is 19.7 Å². The van der Waals surface area contributed by atoms with Crippen molar-refractivity contribution in [3.05, 3.63) is 36.5 Å². The number of methoxy groups -OCH3 is 1. The van der Waals surface area contributed by atoms with Crippen LogP contribution in [0.4, 0.5) is 10.2 Å². The summed E-state index contributed by atoms with van der Waals surface area (Å²) in [6, 6.07) is 4.07. The van der Waals surface area contributed by atoms with Crippen LogP contribution < -0.4 is 14.4 Å². The molecule has 0 amide bonds. The molecule has 0 unspecified atom stereocenters. The third-order valence-electron chi connectivity index (χ3n) is 6.15. The SMILES string of the molecule is COCOc1cnc2cc(N3CCOCC3)nc(O[C@H]3CC[C@@H](n4cc(F)cn4)CC3)c2c1. The zero-order valence-corrected chi connectivity index (χ0v) is 18.7. The first-order valence-electron chi connectivity index (χ1n) is 11.3. The summed E-state index contributed by atoms with van der Waals surface area (Å²) < 4.78 is 37.6. The molecule has 0 spiro atoms. The molecule has 176 valence electrons. The van der Waals surface area contributed by atoms with Crippen LogP contribution in [-0.2, 0) is 9.47 Å². The predicted molar refractivity (Wildman–Crippen MR) is 119 cm³/mol. The molecule has 0 radical (unpaired) electrons. The van der Waals surface area contributed by atoms with Gasteiger partial charge in [-0.05, 0) is 31.7 Å². The summed E-state index contributed by atoms with van der Waals surface area (Å²) in [6.45, 7) is 3.04. The Labute approximate surface area is 191 Å². The summed E-state index contributed by atoms with van der Waals surface area (Å²) in [4.78, 5) is 11.7. The highest BCUT2D eigenvalue weighted by atomic mass is 19.1. The van der Waals surface area contributed by atoms with Crippen LogP contribution in [0, 0.1) is 5.82 Å². The van der Waals surface area contributed by atoms with Crippen LogP contribution >= 0.6 is 0 Å². The molecule has 1 saturated carbocycles. The zero-order valence-electron chi connectivity index (χ0n) is 18.7. The van der Waals surface area contributed by atoms with Crippen molar-refractivity contribution < 1.29 is 23.3 Å². The van der Waals surface area contributed by atoms with Gasteiger partial charge in [0.05, 0.1) is 48.7 Å². The van der Waals surface area contributed by atoms with Crippen molar-refractivity contribution in [2.24, 2.45) is 0 Å². The number of pyridine rings is 2. The quantitative estimate of drug-likeness (QED) is 0.500. The van der Waals surface area contributed by atoms with Gasteiger partial charge in [-0.25, -0.2) is 4.39 Å². The van der Waals surface area contributed by atoms with Crippen LogP contribution in [0.5, 0.6) is 11.6 Å². The molecule has 33 heavy (non-hydrogen) atoms. The summed E-state index contributed by atoms with van der Waals surface area (Å²) in [7, 11) is 1.58. The van der Waals surface area contributed by atoms with Crippen LogP contribution in [0.2, 0.25) is 0 Å². The molecule has 1 aliphatic heterocycles. The number of aromatic nitrogens is 4. The van der Waals surface area contributed by atoms with Crippen molar-refractivity contribution in [1.29, 1.82) is 0 Å². The fourth-order valence-electron chi connectivity index (χ4n) is 4.41. The third kappa shape index (κ3) is 5.01. The van der Waals surface area contributed by atoms with Crippen LogP contribution in [0.25, 0.3) is 10.9 Å². The standard InChI is InChI=1S/C23H28FN5O4/c1-30-15-32-19-10-20-21(25-13-19)11-22(28-6-8-31-9-7-28)27-23(20)33-18-4-2-17(3-5-18)29-14-16(24)12-26-29/h10-14,17-18H,2-9,15H2,1H3/t17-,18+. The number of morpholine rings is 1. The number of halogens is 1. The lowest BCUT2D eigenvalue weighted by molar-refractivity contribution is 0.0509. The van der Waals surface area contributed by atoms with E-state index in [0.717, 1.165) is 55.5 Å². The maximum atomic E-state index is 13.3. The molecular formula is C23H28FN5O4. The number of ether oxygens (including phenoxy) is 4. The maximum Gasteiger partial charge on any atom is 0.225 e. The first-order valence-corrected chi connectivity index (χ1v) is 11.3. The van der Waals surface area contributed by atoms with Crippen molar-refractivity contribution in [3.63, 3.8) is 0 Å². The van der Waals surface area contributed by atoms with Crippen LogP contribution in [-0.4, -0.2) is 66.1 Å². The number of anilines is 1. The highest BCUT2D eigenvalue weighted by Gasteiger charge is 2.26. The lowest BCUT2D eigenvalue weighted by Gasteiger charge is -2.30. The average molecular weight is 458 g/mol. The molecule has 9 nitrogen and oxygen atoms in total. The minimum atomic E-state index is -0.303. The van der Waals surface area contributed by atoms with Crippen LogP contribution in [0.3, 0.4) is 0 Å². The molecule has 3 aromatic rings. The number of fused-ring (bicyclic) bond motifs is 1. The summed E-state index contributed by atoms with van der Waals surface area (Å²) in [5, 5.41) is 4.93. The second-order valence-electron chi connectivity index (χ2n) is 8.36. The lowest BCUT2D eigenvalue weighted by atomic mass is 9.93. The smallest absolute Gasteiger partial charge is 0.225 e. The van der Waals surface area contributed by atoms with E-state index in [1.807, 2.05) is 12.1 Å². The molecule has 10 heteroatoms. The molecular weight excluding hydrogens is 429 g/mol. The fourth-order valence-corrected chi connectivity index (χ4v) is 4.41. The van der Waals surface area contributed by atoms with Gasteiger partial charge >= 0.3 is 0 Å². The second kappa shape index (κ2) is 9.88. The van der Waals surface area contributed by atoms with Crippen molar-refractivity contribution in [3.8, 4) is 11.6 Å². The van der Waals surface area contributed by atoms with Crippen molar-refractivity contribution >= 4 is 16.7 Å². The van der Waals surface area contributed by atoms with Crippen molar-refractivity contribution in [2.75, 3.05) is 45.1 Å². The van der Waals surface area contributed by atoms with Gasteiger partial charge in [0.25, 0.3) is 0 Å². The summed E-state index contributed by atoms with van der Waals surface area (Å²) in [6.07, 6.45) is 7.82. The Bertz CT molecular complexity index is 1080. The Morgan fingerprint density at radius 2 is 1.94 bits per heavy atom. The van der Waals surface area contributed by atoms with E-state index in [0.29, 0.717) is 24.8 Å². The van der Waals surface area contributed by atoms with Gasteiger partial charge in [-0.2, -0.15) is 10.1 Å². The van der Waals surface area contributed by atoms with E-state index in [1.165, 1.54) is 12.4 Å². The van der Waals surface area contributed by atoms with Gasteiger partial charge in [0.15, 0.2) is 12.6 Å². The summed E-state index contributed by atoms with van der Waals surface area (Å²) in [5.41, 5.74) is 0.798. The summed E-state index contributed by atoms with van der Waals surface area (Å²) >= 11 is 0. The number of hydrogen-bond acceptors (Lipinski definition) is 8. The van der Waals surface area contributed by atoms with Crippen LogP contribution in [0.15, 0.2) is 30.7 Å². The molecule has 3 aromatic heterocycles. The van der Waals surface area contributed by atoms with E-state index in [4.69, 9.17) is 23.9 Å². The highest BCUT2D eigenvalue weighted by Crippen LogP contribution is 2.35. The van der Waals surface area contributed by atoms with Gasteiger partial charge in [-0.3, -0.25) is 9.67 Å².